The summed E-state index contributed by atoms with van der Waals surface area (Å²) in [4.78, 5) is 16.2. The number of rotatable bonds is 3. The molecule has 2 saturated heterocycles. The number of hydrogen-bond donors (Lipinski definition) is 1. The molecule has 0 radical (unpaired) electrons. The summed E-state index contributed by atoms with van der Waals surface area (Å²) < 4.78 is 0. The summed E-state index contributed by atoms with van der Waals surface area (Å²) in [6, 6.07) is 0.577. The number of nitrogens with zero attached hydrogens (tertiary/aromatic N) is 1. The number of carbonyl (C=O) groups excluding carboxylic acids is 1. The fraction of sp³-hybridized carbons (Fsp3) is 0.957. The SMILES string of the molecule is O=C1N(C(C2CCCC2)C23CC4CC(CC(C4)C2)C3)CCC12CCCN2. The van der Waals surface area contributed by atoms with Crippen LogP contribution < -0.4 is 5.32 Å². The summed E-state index contributed by atoms with van der Waals surface area (Å²) >= 11 is 0. The Morgan fingerprint density at radius 1 is 0.923 bits per heavy atom. The lowest BCUT2D eigenvalue weighted by Gasteiger charge is -2.62. The van der Waals surface area contributed by atoms with Gasteiger partial charge in [0.15, 0.2) is 0 Å². The highest BCUT2D eigenvalue weighted by atomic mass is 16.2. The highest BCUT2D eigenvalue weighted by Crippen LogP contribution is 2.64. The Kier molecular flexibility index (Phi) is 3.60. The van der Waals surface area contributed by atoms with Crippen LogP contribution in [0.25, 0.3) is 0 Å². The van der Waals surface area contributed by atoms with E-state index in [4.69, 9.17) is 0 Å². The van der Waals surface area contributed by atoms with E-state index in [1.54, 1.807) is 0 Å². The molecule has 7 aliphatic rings. The Labute approximate surface area is 158 Å². The molecular formula is C23H36N2O. The van der Waals surface area contributed by atoms with Gasteiger partial charge in [-0.1, -0.05) is 12.8 Å². The molecule has 2 atom stereocenters. The first-order valence-corrected chi connectivity index (χ1v) is 11.7. The van der Waals surface area contributed by atoms with E-state index in [9.17, 15) is 4.79 Å². The van der Waals surface area contributed by atoms with Crippen molar-refractivity contribution >= 4 is 5.91 Å². The van der Waals surface area contributed by atoms with Crippen LogP contribution in [0.3, 0.4) is 0 Å². The molecule has 5 aliphatic carbocycles. The van der Waals surface area contributed by atoms with Crippen LogP contribution in [0.1, 0.15) is 83.5 Å². The van der Waals surface area contributed by atoms with Crippen LogP contribution in [-0.4, -0.2) is 35.5 Å². The minimum atomic E-state index is -0.168. The zero-order valence-corrected chi connectivity index (χ0v) is 16.3. The van der Waals surface area contributed by atoms with Crippen LogP contribution in [0.2, 0.25) is 0 Å². The second-order valence-corrected chi connectivity index (χ2v) is 11.1. The van der Waals surface area contributed by atoms with Crippen molar-refractivity contribution in [2.75, 3.05) is 13.1 Å². The molecule has 2 aliphatic heterocycles. The van der Waals surface area contributed by atoms with Crippen molar-refractivity contribution in [3.8, 4) is 0 Å². The number of amides is 1. The summed E-state index contributed by atoms with van der Waals surface area (Å²) in [6.45, 7) is 2.08. The largest absolute Gasteiger partial charge is 0.337 e. The van der Waals surface area contributed by atoms with Gasteiger partial charge in [-0.2, -0.15) is 0 Å². The van der Waals surface area contributed by atoms with Gasteiger partial charge in [0.25, 0.3) is 0 Å². The summed E-state index contributed by atoms with van der Waals surface area (Å²) in [5, 5.41) is 3.64. The van der Waals surface area contributed by atoms with Crippen molar-refractivity contribution in [2.45, 2.75) is 95.1 Å². The number of nitrogens with one attached hydrogen (secondary N) is 1. The molecule has 3 heteroatoms. The first-order valence-electron chi connectivity index (χ1n) is 11.7. The van der Waals surface area contributed by atoms with Crippen molar-refractivity contribution in [3.63, 3.8) is 0 Å². The smallest absolute Gasteiger partial charge is 0.243 e. The molecule has 0 aromatic rings. The van der Waals surface area contributed by atoms with Crippen LogP contribution in [0.15, 0.2) is 0 Å². The Morgan fingerprint density at radius 2 is 1.58 bits per heavy atom. The van der Waals surface area contributed by atoms with E-state index >= 15 is 0 Å². The predicted octanol–water partition coefficient (Wildman–Crippen LogP) is 4.12. The summed E-state index contributed by atoms with van der Waals surface area (Å²) in [7, 11) is 0. The molecule has 1 N–H and O–H groups in total. The maximum atomic E-state index is 13.7. The van der Waals surface area contributed by atoms with Gasteiger partial charge >= 0.3 is 0 Å². The predicted molar refractivity (Wildman–Crippen MR) is 103 cm³/mol. The molecular weight excluding hydrogens is 320 g/mol. The topological polar surface area (TPSA) is 32.3 Å². The van der Waals surface area contributed by atoms with Crippen molar-refractivity contribution in [2.24, 2.45) is 29.1 Å². The van der Waals surface area contributed by atoms with E-state index in [1.807, 2.05) is 0 Å². The maximum Gasteiger partial charge on any atom is 0.243 e. The molecule has 2 heterocycles. The van der Waals surface area contributed by atoms with Crippen LogP contribution in [0.4, 0.5) is 0 Å². The van der Waals surface area contributed by atoms with Crippen molar-refractivity contribution in [3.05, 3.63) is 0 Å². The highest BCUT2D eigenvalue weighted by molar-refractivity contribution is 5.89. The van der Waals surface area contributed by atoms with Crippen LogP contribution in [-0.2, 0) is 4.79 Å². The van der Waals surface area contributed by atoms with Crippen LogP contribution in [0.5, 0.6) is 0 Å². The van der Waals surface area contributed by atoms with E-state index in [0.29, 0.717) is 17.4 Å². The molecule has 0 aromatic heterocycles. The minimum absolute atomic E-state index is 0.168. The second kappa shape index (κ2) is 5.72. The molecule has 5 saturated carbocycles. The van der Waals surface area contributed by atoms with Crippen molar-refractivity contribution in [1.29, 1.82) is 0 Å². The first-order chi connectivity index (χ1) is 12.7. The second-order valence-electron chi connectivity index (χ2n) is 11.1. The molecule has 7 fully saturated rings. The van der Waals surface area contributed by atoms with Gasteiger partial charge in [-0.05, 0) is 106 Å². The van der Waals surface area contributed by atoms with E-state index in [2.05, 4.69) is 10.2 Å². The van der Waals surface area contributed by atoms with Crippen LogP contribution >= 0.6 is 0 Å². The Morgan fingerprint density at radius 3 is 2.15 bits per heavy atom. The lowest BCUT2D eigenvalue weighted by molar-refractivity contribution is -0.150. The average molecular weight is 357 g/mol. The molecule has 1 amide bonds. The Balaban J connectivity index is 1.36. The van der Waals surface area contributed by atoms with Gasteiger partial charge in [-0.3, -0.25) is 4.79 Å². The minimum Gasteiger partial charge on any atom is -0.337 e. The number of carbonyl (C=O) groups is 1. The fourth-order valence-corrected chi connectivity index (χ4v) is 9.16. The average Bonchev–Trinajstić information content (AvgIpc) is 3.34. The maximum absolute atomic E-state index is 13.7. The molecule has 26 heavy (non-hydrogen) atoms. The van der Waals surface area contributed by atoms with Crippen molar-refractivity contribution in [1.82, 2.24) is 10.2 Å². The third-order valence-corrected chi connectivity index (χ3v) is 9.59. The zero-order chi connectivity index (χ0) is 17.4. The summed E-state index contributed by atoms with van der Waals surface area (Å²) in [5.41, 5.74) is 0.322. The molecule has 7 rings (SSSR count). The van der Waals surface area contributed by atoms with Gasteiger partial charge in [0.1, 0.15) is 0 Å². The van der Waals surface area contributed by atoms with Gasteiger partial charge in [0.05, 0.1) is 5.54 Å². The van der Waals surface area contributed by atoms with Gasteiger partial charge < -0.3 is 10.2 Å². The zero-order valence-electron chi connectivity index (χ0n) is 16.3. The van der Waals surface area contributed by atoms with Crippen molar-refractivity contribution < 1.29 is 4.79 Å². The molecule has 3 nitrogen and oxygen atoms in total. The molecule has 4 bridgehead atoms. The molecule has 0 aromatic carbocycles. The van der Waals surface area contributed by atoms with Gasteiger partial charge in [0, 0.05) is 12.6 Å². The first kappa shape index (κ1) is 16.4. The monoisotopic (exact) mass is 356 g/mol. The lowest BCUT2D eigenvalue weighted by Crippen LogP contribution is -2.61. The van der Waals surface area contributed by atoms with Gasteiger partial charge in [-0.25, -0.2) is 0 Å². The van der Waals surface area contributed by atoms with E-state index in [1.165, 1.54) is 70.6 Å². The standard InChI is InChI=1S/C23H36N2O/c26-21-23(6-3-8-24-23)7-9-25(21)20(19-4-1-2-5-19)22-13-16-10-17(14-22)12-18(11-16)15-22/h16-20,24H,1-15H2. The lowest BCUT2D eigenvalue weighted by atomic mass is 9.46. The number of likely N-dealkylation sites (tertiary alicyclic amines) is 1. The third kappa shape index (κ3) is 2.25. The van der Waals surface area contributed by atoms with Gasteiger partial charge in [0.2, 0.25) is 5.91 Å². The number of hydrogen-bond acceptors (Lipinski definition) is 2. The van der Waals surface area contributed by atoms with Crippen LogP contribution in [0, 0.1) is 29.1 Å². The van der Waals surface area contributed by atoms with E-state index in [0.717, 1.165) is 49.6 Å². The highest BCUT2D eigenvalue weighted by Gasteiger charge is 2.60. The summed E-state index contributed by atoms with van der Waals surface area (Å²) in [5.74, 6) is 4.26. The van der Waals surface area contributed by atoms with E-state index < -0.39 is 0 Å². The Bertz CT molecular complexity index is 552. The normalized spacial score (nSPS) is 49.0. The fourth-order valence-electron chi connectivity index (χ4n) is 9.16. The quantitative estimate of drug-likeness (QED) is 0.825. The molecule has 2 unspecified atom stereocenters. The molecule has 144 valence electrons. The summed E-state index contributed by atoms with van der Waals surface area (Å²) in [6.07, 6.45) is 17.8. The Hall–Kier alpha value is -0.570. The van der Waals surface area contributed by atoms with Gasteiger partial charge in [-0.15, -0.1) is 0 Å². The molecule has 1 spiro atoms. The van der Waals surface area contributed by atoms with E-state index in [-0.39, 0.29) is 5.54 Å². The third-order valence-electron chi connectivity index (χ3n) is 9.59.